The predicted molar refractivity (Wildman–Crippen MR) is 109 cm³/mol. The van der Waals surface area contributed by atoms with Crippen LogP contribution in [0.3, 0.4) is 0 Å². The third-order valence-corrected chi connectivity index (χ3v) is 7.77. The highest BCUT2D eigenvalue weighted by atomic mass is 32.2. The van der Waals surface area contributed by atoms with Crippen molar-refractivity contribution in [1.82, 2.24) is 14.9 Å². The third-order valence-electron chi connectivity index (χ3n) is 5.34. The van der Waals surface area contributed by atoms with Crippen molar-refractivity contribution >= 4 is 27.1 Å². The molecule has 4 rings (SSSR count). The van der Waals surface area contributed by atoms with Crippen LogP contribution >= 0.6 is 11.3 Å². The molecule has 0 radical (unpaired) electrons. The van der Waals surface area contributed by atoms with Crippen LogP contribution in [0.5, 0.6) is 0 Å². The lowest BCUT2D eigenvalue weighted by Crippen LogP contribution is -2.41. The van der Waals surface area contributed by atoms with Gasteiger partial charge in [0.25, 0.3) is 0 Å². The summed E-state index contributed by atoms with van der Waals surface area (Å²) >= 11 is 1.64. The van der Waals surface area contributed by atoms with Gasteiger partial charge in [-0.15, -0.1) is 11.3 Å². The molecule has 1 atom stereocenters. The van der Waals surface area contributed by atoms with E-state index in [-0.39, 0.29) is 18.1 Å². The zero-order valence-electron chi connectivity index (χ0n) is 15.5. The number of rotatable bonds is 6. The van der Waals surface area contributed by atoms with Crippen molar-refractivity contribution in [3.63, 3.8) is 0 Å². The molecule has 6 nitrogen and oxygen atoms in total. The molecular formula is C20H23N3O3S2. The second kappa shape index (κ2) is 8.13. The molecule has 2 aromatic heterocycles. The van der Waals surface area contributed by atoms with E-state index in [0.717, 1.165) is 16.3 Å². The monoisotopic (exact) mass is 417 g/mol. The summed E-state index contributed by atoms with van der Waals surface area (Å²) in [4.78, 5) is 23.4. The topological polar surface area (TPSA) is 80.2 Å². The molecule has 2 aliphatic rings. The number of thiazole rings is 1. The second-order valence-electron chi connectivity index (χ2n) is 7.44. The predicted octanol–water partition coefficient (Wildman–Crippen LogP) is 3.08. The Bertz CT molecular complexity index is 964. The van der Waals surface area contributed by atoms with Crippen molar-refractivity contribution in [2.24, 2.45) is 0 Å². The summed E-state index contributed by atoms with van der Waals surface area (Å²) in [6.07, 6.45) is 10.0. The molecule has 1 amide bonds. The van der Waals surface area contributed by atoms with Crippen molar-refractivity contribution in [3.05, 3.63) is 57.7 Å². The average molecular weight is 418 g/mol. The first-order valence-corrected chi connectivity index (χ1v) is 12.1. The molecule has 2 aromatic rings. The van der Waals surface area contributed by atoms with E-state index in [1.807, 2.05) is 17.5 Å². The highest BCUT2D eigenvalue weighted by Crippen LogP contribution is 2.35. The Morgan fingerprint density at radius 2 is 1.96 bits per heavy atom. The van der Waals surface area contributed by atoms with Crippen LogP contribution in [0.15, 0.2) is 41.4 Å². The van der Waals surface area contributed by atoms with E-state index in [2.05, 4.69) is 4.98 Å². The van der Waals surface area contributed by atoms with Crippen LogP contribution in [0.1, 0.15) is 47.9 Å². The number of aromatic nitrogens is 2. The van der Waals surface area contributed by atoms with Crippen LogP contribution in [0, 0.1) is 0 Å². The molecule has 28 heavy (non-hydrogen) atoms. The molecule has 0 saturated heterocycles. The number of hydrogen-bond donors (Lipinski definition) is 0. The summed E-state index contributed by atoms with van der Waals surface area (Å²) in [7, 11) is -3.25. The van der Waals surface area contributed by atoms with Gasteiger partial charge >= 0.3 is 0 Å². The summed E-state index contributed by atoms with van der Waals surface area (Å²) < 4.78 is 23.8. The number of sulfone groups is 1. The van der Waals surface area contributed by atoms with E-state index in [1.165, 1.54) is 31.1 Å². The van der Waals surface area contributed by atoms with Crippen molar-refractivity contribution in [1.29, 1.82) is 0 Å². The van der Waals surface area contributed by atoms with Gasteiger partial charge in [-0.25, -0.2) is 13.4 Å². The van der Waals surface area contributed by atoms with Gasteiger partial charge in [-0.3, -0.25) is 9.78 Å². The molecule has 1 aliphatic heterocycles. The van der Waals surface area contributed by atoms with Gasteiger partial charge in [0.2, 0.25) is 5.91 Å². The lowest BCUT2D eigenvalue weighted by Gasteiger charge is -2.27. The normalized spacial score (nSPS) is 21.2. The smallest absolute Gasteiger partial charge is 0.229 e. The summed E-state index contributed by atoms with van der Waals surface area (Å²) in [5.74, 6) is 0.366. The van der Waals surface area contributed by atoms with Crippen LogP contribution < -0.4 is 0 Å². The minimum atomic E-state index is -3.25. The first-order valence-electron chi connectivity index (χ1n) is 9.54. The van der Waals surface area contributed by atoms with Crippen molar-refractivity contribution < 1.29 is 13.2 Å². The molecule has 0 aromatic carbocycles. The highest BCUT2D eigenvalue weighted by molar-refractivity contribution is 7.94. The number of carbonyl (C=O) groups is 1. The Labute approximate surface area is 169 Å². The molecule has 3 heterocycles. The zero-order valence-corrected chi connectivity index (χ0v) is 17.2. The van der Waals surface area contributed by atoms with Crippen LogP contribution in [0.25, 0.3) is 0 Å². The minimum absolute atomic E-state index is 0.0613. The molecule has 0 bridgehead atoms. The lowest BCUT2D eigenvalue weighted by atomic mass is 10.1. The van der Waals surface area contributed by atoms with E-state index in [4.69, 9.17) is 4.98 Å². The van der Waals surface area contributed by atoms with Crippen LogP contribution in [0.2, 0.25) is 0 Å². The molecular weight excluding hydrogens is 394 g/mol. The maximum atomic E-state index is 13.1. The minimum Gasteiger partial charge on any atom is -0.331 e. The summed E-state index contributed by atoms with van der Waals surface area (Å²) in [5.41, 5.74) is 1.70. The van der Waals surface area contributed by atoms with Crippen LogP contribution in [0.4, 0.5) is 0 Å². The first-order chi connectivity index (χ1) is 13.5. The molecule has 1 fully saturated rings. The SMILES string of the molecule is O=C(Cc1csc(C2CCCC2)n1)N(Cc1ccncc1)C1C=CS(=O)(=O)C1. The maximum Gasteiger partial charge on any atom is 0.229 e. The molecule has 0 spiro atoms. The average Bonchev–Trinajstić information content (AvgIpc) is 3.41. The van der Waals surface area contributed by atoms with Crippen LogP contribution in [-0.2, 0) is 27.6 Å². The van der Waals surface area contributed by atoms with E-state index in [0.29, 0.717) is 12.5 Å². The largest absolute Gasteiger partial charge is 0.331 e. The summed E-state index contributed by atoms with van der Waals surface area (Å²) in [6.45, 7) is 0.353. The first kappa shape index (κ1) is 19.3. The van der Waals surface area contributed by atoms with Gasteiger partial charge in [0.05, 0.1) is 28.9 Å². The molecule has 148 valence electrons. The van der Waals surface area contributed by atoms with Gasteiger partial charge in [0.1, 0.15) is 0 Å². The van der Waals surface area contributed by atoms with Gasteiger partial charge in [-0.2, -0.15) is 0 Å². The van der Waals surface area contributed by atoms with Gasteiger partial charge in [0, 0.05) is 35.6 Å². The molecule has 8 heteroatoms. The second-order valence-corrected chi connectivity index (χ2v) is 10.3. The Morgan fingerprint density at radius 1 is 1.21 bits per heavy atom. The molecule has 1 aliphatic carbocycles. The summed E-state index contributed by atoms with van der Waals surface area (Å²) in [6, 6.07) is 3.24. The fourth-order valence-electron chi connectivity index (χ4n) is 3.85. The standard InChI is InChI=1S/C20H23N3O3S2/c24-19(11-17-13-27-20(22-17)16-3-1-2-4-16)23(12-15-5-8-21-9-6-15)18-7-10-28(25,26)14-18/h5-10,13,16,18H,1-4,11-12,14H2. The van der Waals surface area contributed by atoms with Gasteiger partial charge in [0.15, 0.2) is 9.84 Å². The Kier molecular flexibility index (Phi) is 5.59. The van der Waals surface area contributed by atoms with Crippen molar-refractivity contribution in [3.8, 4) is 0 Å². The highest BCUT2D eigenvalue weighted by Gasteiger charge is 2.31. The lowest BCUT2D eigenvalue weighted by molar-refractivity contribution is -0.132. The van der Waals surface area contributed by atoms with Gasteiger partial charge in [-0.05, 0) is 36.6 Å². The third kappa shape index (κ3) is 4.50. The fraction of sp³-hybridized carbons (Fsp3) is 0.450. The number of pyridine rings is 1. The fourth-order valence-corrected chi connectivity index (χ4v) is 6.14. The van der Waals surface area contributed by atoms with E-state index >= 15 is 0 Å². The number of nitrogens with zero attached hydrogens (tertiary/aromatic N) is 3. The maximum absolute atomic E-state index is 13.1. The Balaban J connectivity index is 1.50. The van der Waals surface area contributed by atoms with E-state index < -0.39 is 15.9 Å². The zero-order chi connectivity index (χ0) is 19.6. The quantitative estimate of drug-likeness (QED) is 0.722. The Hall–Kier alpha value is -2.06. The number of hydrogen-bond acceptors (Lipinski definition) is 6. The Morgan fingerprint density at radius 3 is 2.64 bits per heavy atom. The van der Waals surface area contributed by atoms with E-state index in [1.54, 1.807) is 34.7 Å². The summed E-state index contributed by atoms with van der Waals surface area (Å²) in [5, 5.41) is 4.31. The van der Waals surface area contributed by atoms with E-state index in [9.17, 15) is 13.2 Å². The van der Waals surface area contributed by atoms with Gasteiger partial charge in [-0.1, -0.05) is 12.8 Å². The number of carbonyl (C=O) groups excluding carboxylic acids is 1. The van der Waals surface area contributed by atoms with Gasteiger partial charge < -0.3 is 4.90 Å². The van der Waals surface area contributed by atoms with Crippen molar-refractivity contribution in [2.45, 2.75) is 50.6 Å². The molecule has 1 saturated carbocycles. The van der Waals surface area contributed by atoms with Crippen LogP contribution in [-0.4, -0.2) is 41.0 Å². The molecule has 0 N–H and O–H groups in total. The molecule has 1 unspecified atom stereocenters. The number of amides is 1. The van der Waals surface area contributed by atoms with Crippen molar-refractivity contribution in [2.75, 3.05) is 5.75 Å².